The van der Waals surface area contributed by atoms with E-state index in [1.54, 1.807) is 12.4 Å². The Balaban J connectivity index is 0.00000289. The zero-order valence-corrected chi connectivity index (χ0v) is 21.3. The highest BCUT2D eigenvalue weighted by Gasteiger charge is 2.25. The molecule has 0 bridgehead atoms. The van der Waals surface area contributed by atoms with Gasteiger partial charge in [-0.05, 0) is 44.0 Å². The molecule has 3 aromatic rings. The van der Waals surface area contributed by atoms with Crippen LogP contribution in [0.2, 0.25) is 5.02 Å². The number of hydrogen-bond acceptors (Lipinski definition) is 5. The van der Waals surface area contributed by atoms with Crippen molar-refractivity contribution in [3.8, 4) is 5.82 Å². The molecule has 1 atom stereocenters. The first-order valence-corrected chi connectivity index (χ1v) is 10.9. The normalized spacial score (nSPS) is 16.0. The Morgan fingerprint density at radius 1 is 1.22 bits per heavy atom. The fourth-order valence-electron chi connectivity index (χ4n) is 3.64. The molecule has 0 aromatic carbocycles. The van der Waals surface area contributed by atoms with Crippen molar-refractivity contribution >= 4 is 47.4 Å². The highest BCUT2D eigenvalue weighted by atomic mass is 127. The molecule has 0 saturated carbocycles. The highest BCUT2D eigenvalue weighted by molar-refractivity contribution is 14.0. The van der Waals surface area contributed by atoms with Gasteiger partial charge in [0, 0.05) is 50.5 Å². The van der Waals surface area contributed by atoms with Gasteiger partial charge in [-0.1, -0.05) is 17.7 Å². The van der Waals surface area contributed by atoms with Crippen LogP contribution in [0.3, 0.4) is 0 Å². The number of nitrogens with zero attached hydrogens (tertiary/aromatic N) is 6. The number of guanidine groups is 1. The lowest BCUT2D eigenvalue weighted by atomic mass is 10.2. The minimum atomic E-state index is 0. The highest BCUT2D eigenvalue weighted by Crippen LogP contribution is 2.25. The van der Waals surface area contributed by atoms with E-state index in [4.69, 9.17) is 16.6 Å². The lowest BCUT2D eigenvalue weighted by Crippen LogP contribution is -2.44. The summed E-state index contributed by atoms with van der Waals surface area (Å²) in [6.07, 6.45) is 8.32. The van der Waals surface area contributed by atoms with Crippen LogP contribution in [-0.2, 0) is 6.54 Å². The summed E-state index contributed by atoms with van der Waals surface area (Å²) in [7, 11) is 0. The maximum atomic E-state index is 6.31. The van der Waals surface area contributed by atoms with Crippen molar-refractivity contribution in [2.75, 3.05) is 24.5 Å². The predicted molar refractivity (Wildman–Crippen MR) is 139 cm³/mol. The van der Waals surface area contributed by atoms with Gasteiger partial charge in [-0.2, -0.15) is 0 Å². The number of nitrogens with one attached hydrogen (secondary N) is 2. The van der Waals surface area contributed by atoms with Crippen LogP contribution in [0.15, 0.2) is 54.0 Å². The van der Waals surface area contributed by atoms with Gasteiger partial charge in [0.05, 0.1) is 11.6 Å². The molecule has 1 unspecified atom stereocenters. The van der Waals surface area contributed by atoms with E-state index in [9.17, 15) is 0 Å². The zero-order valence-electron chi connectivity index (χ0n) is 18.2. The van der Waals surface area contributed by atoms with Crippen molar-refractivity contribution < 1.29 is 0 Å². The largest absolute Gasteiger partial charge is 0.357 e. The van der Waals surface area contributed by atoms with E-state index < -0.39 is 0 Å². The third-order valence-electron chi connectivity index (χ3n) is 5.21. The van der Waals surface area contributed by atoms with Gasteiger partial charge in [0.1, 0.15) is 17.5 Å². The molecule has 3 aromatic heterocycles. The van der Waals surface area contributed by atoms with Crippen molar-refractivity contribution in [1.29, 1.82) is 0 Å². The van der Waals surface area contributed by atoms with Gasteiger partial charge in [0.15, 0.2) is 5.96 Å². The van der Waals surface area contributed by atoms with Gasteiger partial charge in [0.2, 0.25) is 0 Å². The van der Waals surface area contributed by atoms with Crippen LogP contribution in [-0.4, -0.2) is 51.2 Å². The Labute approximate surface area is 210 Å². The first-order valence-electron chi connectivity index (χ1n) is 10.5. The molecule has 1 aliphatic rings. The van der Waals surface area contributed by atoms with Crippen LogP contribution in [0.25, 0.3) is 5.82 Å². The number of imidazole rings is 1. The van der Waals surface area contributed by atoms with Crippen molar-refractivity contribution in [2.45, 2.75) is 32.9 Å². The van der Waals surface area contributed by atoms with Gasteiger partial charge in [0.25, 0.3) is 0 Å². The smallest absolute Gasteiger partial charge is 0.191 e. The Hall–Kier alpha value is -2.40. The minimum absolute atomic E-state index is 0. The number of halogens is 2. The lowest BCUT2D eigenvalue weighted by Gasteiger charge is -2.20. The first-order chi connectivity index (χ1) is 15.1. The fraction of sp³-hybridized carbons (Fsp3) is 0.364. The van der Waals surface area contributed by atoms with Gasteiger partial charge in [-0.3, -0.25) is 4.57 Å². The zero-order chi connectivity index (χ0) is 21.6. The molecule has 32 heavy (non-hydrogen) atoms. The maximum absolute atomic E-state index is 6.31. The molecule has 1 saturated heterocycles. The van der Waals surface area contributed by atoms with Crippen molar-refractivity contribution in [1.82, 2.24) is 30.2 Å². The Bertz CT molecular complexity index is 1040. The fourth-order valence-corrected chi connectivity index (χ4v) is 3.88. The summed E-state index contributed by atoms with van der Waals surface area (Å²) in [4.78, 5) is 20.2. The summed E-state index contributed by atoms with van der Waals surface area (Å²) in [6, 6.07) is 8.05. The second kappa shape index (κ2) is 11.5. The number of rotatable bonds is 6. The van der Waals surface area contributed by atoms with E-state index >= 15 is 0 Å². The third-order valence-corrected chi connectivity index (χ3v) is 5.51. The van der Waals surface area contributed by atoms with E-state index in [1.807, 2.05) is 42.1 Å². The summed E-state index contributed by atoms with van der Waals surface area (Å²) in [5, 5.41) is 7.56. The van der Waals surface area contributed by atoms with Crippen LogP contribution in [0, 0.1) is 6.92 Å². The van der Waals surface area contributed by atoms with Crippen LogP contribution >= 0.6 is 35.6 Å². The summed E-state index contributed by atoms with van der Waals surface area (Å²) < 4.78 is 1.96. The molecule has 170 valence electrons. The van der Waals surface area contributed by atoms with Gasteiger partial charge in [-0.25, -0.2) is 19.9 Å². The number of aromatic nitrogens is 4. The van der Waals surface area contributed by atoms with Crippen molar-refractivity contribution in [3.63, 3.8) is 0 Å². The summed E-state index contributed by atoms with van der Waals surface area (Å²) in [6.45, 7) is 7.11. The number of anilines is 1. The molecule has 1 fully saturated rings. The van der Waals surface area contributed by atoms with E-state index in [1.165, 1.54) is 0 Å². The van der Waals surface area contributed by atoms with Gasteiger partial charge in [-0.15, -0.1) is 24.0 Å². The van der Waals surface area contributed by atoms with E-state index in [2.05, 4.69) is 43.5 Å². The Morgan fingerprint density at radius 3 is 2.78 bits per heavy atom. The SMILES string of the molecule is CCNC(=NCc1ccc(-n2ccnc2C)nc1)NC1CCN(c2ncccc2Cl)C1.I. The Kier molecular flexibility index (Phi) is 8.68. The summed E-state index contributed by atoms with van der Waals surface area (Å²) in [5.41, 5.74) is 1.05. The maximum Gasteiger partial charge on any atom is 0.191 e. The molecule has 4 rings (SSSR count). The predicted octanol–water partition coefficient (Wildman–Crippen LogP) is 3.58. The average Bonchev–Trinajstić information content (AvgIpc) is 3.42. The van der Waals surface area contributed by atoms with E-state index in [0.717, 1.165) is 55.0 Å². The molecule has 2 N–H and O–H groups in total. The first kappa shape index (κ1) is 24.2. The molecule has 10 heteroatoms. The molecule has 0 spiro atoms. The standard InChI is InChI=1S/C22H27ClN8.HI/c1-3-24-22(29-18-8-11-30(15-18)21-19(23)5-4-9-26-21)28-14-17-6-7-20(27-13-17)31-12-10-25-16(31)2;/h4-7,9-10,12-13,18H,3,8,11,14-15H2,1-2H3,(H2,24,28,29);1H. The molecule has 0 radical (unpaired) electrons. The van der Waals surface area contributed by atoms with Crippen LogP contribution in [0.1, 0.15) is 24.7 Å². The van der Waals surface area contributed by atoms with Crippen LogP contribution < -0.4 is 15.5 Å². The third kappa shape index (κ3) is 5.89. The summed E-state index contributed by atoms with van der Waals surface area (Å²) >= 11 is 6.31. The molecule has 4 heterocycles. The molecule has 0 amide bonds. The van der Waals surface area contributed by atoms with E-state index in [-0.39, 0.29) is 30.0 Å². The van der Waals surface area contributed by atoms with Gasteiger partial charge < -0.3 is 15.5 Å². The average molecular weight is 567 g/mol. The number of hydrogen-bond donors (Lipinski definition) is 2. The topological polar surface area (TPSA) is 83.3 Å². The van der Waals surface area contributed by atoms with Crippen LogP contribution in [0.4, 0.5) is 5.82 Å². The minimum Gasteiger partial charge on any atom is -0.357 e. The monoisotopic (exact) mass is 566 g/mol. The summed E-state index contributed by atoms with van der Waals surface area (Å²) in [5.74, 6) is 3.41. The number of aliphatic imine (C=N–C) groups is 1. The lowest BCUT2D eigenvalue weighted by molar-refractivity contribution is 0.648. The Morgan fingerprint density at radius 2 is 2.09 bits per heavy atom. The second-order valence-electron chi connectivity index (χ2n) is 7.45. The molecule has 1 aliphatic heterocycles. The van der Waals surface area contributed by atoms with E-state index in [0.29, 0.717) is 11.6 Å². The molecular weight excluding hydrogens is 539 g/mol. The molecule has 8 nitrogen and oxygen atoms in total. The van der Waals surface area contributed by atoms with Gasteiger partial charge >= 0.3 is 0 Å². The van der Waals surface area contributed by atoms with Crippen molar-refractivity contribution in [3.05, 3.63) is 65.5 Å². The number of pyridine rings is 2. The quantitative estimate of drug-likeness (QED) is 0.270. The van der Waals surface area contributed by atoms with Crippen molar-refractivity contribution in [2.24, 2.45) is 4.99 Å². The second-order valence-corrected chi connectivity index (χ2v) is 7.86. The van der Waals surface area contributed by atoms with Crippen LogP contribution in [0.5, 0.6) is 0 Å². The molecule has 0 aliphatic carbocycles. The number of aryl methyl sites for hydroxylation is 1. The molecular formula is C22H28ClIN8.